The van der Waals surface area contributed by atoms with Crippen LogP contribution >= 0.6 is 11.3 Å². The highest BCUT2D eigenvalue weighted by molar-refractivity contribution is 7.09. The third-order valence-electron chi connectivity index (χ3n) is 2.14. The lowest BCUT2D eigenvalue weighted by molar-refractivity contribution is -0.122. The van der Waals surface area contributed by atoms with Crippen LogP contribution in [0, 0.1) is 12.8 Å². The monoisotopic (exact) mass is 241 g/mol. The molecule has 0 unspecified atom stereocenters. The highest BCUT2D eigenvalue weighted by atomic mass is 32.1. The quantitative estimate of drug-likeness (QED) is 0.819. The van der Waals surface area contributed by atoms with Crippen molar-refractivity contribution in [3.05, 3.63) is 16.1 Å². The van der Waals surface area contributed by atoms with E-state index >= 15 is 0 Å². The summed E-state index contributed by atoms with van der Waals surface area (Å²) in [6.07, 6.45) is 0.711. The number of aryl methyl sites for hydroxylation is 1. The second-order valence-corrected chi connectivity index (χ2v) is 5.28. The molecule has 0 saturated carbocycles. The maximum atomic E-state index is 11.6. The zero-order valence-corrected chi connectivity index (χ0v) is 10.8. The number of carbonyl (C=O) groups is 1. The smallest absolute Gasteiger partial charge is 0.237 e. The van der Waals surface area contributed by atoms with Crippen molar-refractivity contribution in [3.8, 4) is 0 Å². The highest BCUT2D eigenvalue weighted by Gasteiger charge is 2.14. The van der Waals surface area contributed by atoms with E-state index < -0.39 is 6.04 Å². The van der Waals surface area contributed by atoms with Crippen LogP contribution in [-0.2, 0) is 11.3 Å². The number of nitrogens with zero attached hydrogens (tertiary/aromatic N) is 1. The first kappa shape index (κ1) is 13.1. The standard InChI is InChI=1S/C11H19N3OS/c1-7(2)4-9(12)11(15)13-5-10-14-8(3)6-16-10/h6-7,9H,4-5,12H2,1-3H3,(H,13,15)/t9-/m0/s1. The Balaban J connectivity index is 2.35. The Bertz CT molecular complexity index is 349. The van der Waals surface area contributed by atoms with Gasteiger partial charge in [0.25, 0.3) is 0 Å². The molecular formula is C11H19N3OS. The Kier molecular flexibility index (Phi) is 4.89. The van der Waals surface area contributed by atoms with Gasteiger partial charge in [0.1, 0.15) is 5.01 Å². The van der Waals surface area contributed by atoms with Gasteiger partial charge in [-0.15, -0.1) is 11.3 Å². The predicted octanol–water partition coefficient (Wildman–Crippen LogP) is 1.44. The second kappa shape index (κ2) is 5.96. The minimum atomic E-state index is -0.416. The van der Waals surface area contributed by atoms with Crippen molar-refractivity contribution in [2.24, 2.45) is 11.7 Å². The normalized spacial score (nSPS) is 12.8. The minimum Gasteiger partial charge on any atom is -0.348 e. The van der Waals surface area contributed by atoms with Crippen LogP contribution in [-0.4, -0.2) is 16.9 Å². The van der Waals surface area contributed by atoms with Gasteiger partial charge in [0, 0.05) is 11.1 Å². The summed E-state index contributed by atoms with van der Waals surface area (Å²) in [6, 6.07) is -0.416. The first-order valence-corrected chi connectivity index (χ1v) is 6.31. The average molecular weight is 241 g/mol. The van der Waals surface area contributed by atoms with Crippen molar-refractivity contribution in [2.45, 2.75) is 39.8 Å². The third kappa shape index (κ3) is 4.28. The molecule has 1 atom stereocenters. The van der Waals surface area contributed by atoms with Crippen LogP contribution in [0.5, 0.6) is 0 Å². The van der Waals surface area contributed by atoms with Crippen molar-refractivity contribution < 1.29 is 4.79 Å². The van der Waals surface area contributed by atoms with E-state index in [1.54, 1.807) is 11.3 Å². The molecule has 90 valence electrons. The van der Waals surface area contributed by atoms with Crippen LogP contribution in [0.1, 0.15) is 31.0 Å². The van der Waals surface area contributed by atoms with Gasteiger partial charge < -0.3 is 11.1 Å². The number of hydrogen-bond acceptors (Lipinski definition) is 4. The average Bonchev–Trinajstić information content (AvgIpc) is 2.59. The number of rotatable bonds is 5. The number of thiazole rings is 1. The number of carbonyl (C=O) groups excluding carboxylic acids is 1. The minimum absolute atomic E-state index is 0.0958. The van der Waals surface area contributed by atoms with Crippen molar-refractivity contribution in [1.82, 2.24) is 10.3 Å². The summed E-state index contributed by atoms with van der Waals surface area (Å²) in [5, 5.41) is 5.69. The molecule has 1 rings (SSSR count). The van der Waals surface area contributed by atoms with Gasteiger partial charge in [-0.3, -0.25) is 4.79 Å². The van der Waals surface area contributed by atoms with Gasteiger partial charge >= 0.3 is 0 Å². The molecule has 1 aromatic rings. The first-order valence-electron chi connectivity index (χ1n) is 5.43. The van der Waals surface area contributed by atoms with Crippen LogP contribution in [0.2, 0.25) is 0 Å². The largest absolute Gasteiger partial charge is 0.348 e. The molecule has 0 radical (unpaired) electrons. The Morgan fingerprint density at radius 3 is 2.81 bits per heavy atom. The summed E-state index contributed by atoms with van der Waals surface area (Å²) in [7, 11) is 0. The van der Waals surface area contributed by atoms with E-state index in [0.29, 0.717) is 18.9 Å². The number of nitrogens with one attached hydrogen (secondary N) is 1. The van der Waals surface area contributed by atoms with Gasteiger partial charge in [-0.05, 0) is 19.3 Å². The molecule has 3 N–H and O–H groups in total. The van der Waals surface area contributed by atoms with Gasteiger partial charge in [-0.2, -0.15) is 0 Å². The number of nitrogens with two attached hydrogens (primary N) is 1. The van der Waals surface area contributed by atoms with Crippen molar-refractivity contribution >= 4 is 17.2 Å². The summed E-state index contributed by atoms with van der Waals surface area (Å²) < 4.78 is 0. The fourth-order valence-corrected chi connectivity index (χ4v) is 2.10. The summed E-state index contributed by atoms with van der Waals surface area (Å²) in [4.78, 5) is 15.9. The molecule has 1 heterocycles. The van der Waals surface area contributed by atoms with E-state index in [4.69, 9.17) is 5.73 Å². The number of hydrogen-bond donors (Lipinski definition) is 2. The van der Waals surface area contributed by atoms with E-state index in [2.05, 4.69) is 24.1 Å². The molecular weight excluding hydrogens is 222 g/mol. The van der Waals surface area contributed by atoms with Gasteiger partial charge in [0.05, 0.1) is 12.6 Å². The molecule has 0 aromatic carbocycles. The second-order valence-electron chi connectivity index (χ2n) is 4.34. The zero-order chi connectivity index (χ0) is 12.1. The van der Waals surface area contributed by atoms with Crippen molar-refractivity contribution in [3.63, 3.8) is 0 Å². The Morgan fingerprint density at radius 1 is 1.62 bits per heavy atom. The summed E-state index contributed by atoms with van der Waals surface area (Å²) in [5.74, 6) is 0.337. The van der Waals surface area contributed by atoms with Crippen LogP contribution in [0.4, 0.5) is 0 Å². The molecule has 0 bridgehead atoms. The van der Waals surface area contributed by atoms with Gasteiger partial charge in [0.2, 0.25) is 5.91 Å². The van der Waals surface area contributed by atoms with E-state index in [-0.39, 0.29) is 5.91 Å². The van der Waals surface area contributed by atoms with Crippen molar-refractivity contribution in [2.75, 3.05) is 0 Å². The zero-order valence-electron chi connectivity index (χ0n) is 9.99. The van der Waals surface area contributed by atoms with Gasteiger partial charge in [-0.25, -0.2) is 4.98 Å². The van der Waals surface area contributed by atoms with E-state index in [1.165, 1.54) is 0 Å². The lowest BCUT2D eigenvalue weighted by Gasteiger charge is -2.13. The summed E-state index contributed by atoms with van der Waals surface area (Å²) >= 11 is 1.55. The molecule has 4 nitrogen and oxygen atoms in total. The lowest BCUT2D eigenvalue weighted by atomic mass is 10.0. The Morgan fingerprint density at radius 2 is 2.31 bits per heavy atom. The van der Waals surface area contributed by atoms with Crippen LogP contribution in [0.3, 0.4) is 0 Å². The van der Waals surface area contributed by atoms with Gasteiger partial charge in [0.15, 0.2) is 0 Å². The number of aromatic nitrogens is 1. The molecule has 16 heavy (non-hydrogen) atoms. The van der Waals surface area contributed by atoms with Gasteiger partial charge in [-0.1, -0.05) is 13.8 Å². The fraction of sp³-hybridized carbons (Fsp3) is 0.636. The Hall–Kier alpha value is -0.940. The third-order valence-corrected chi connectivity index (χ3v) is 3.11. The molecule has 0 spiro atoms. The SMILES string of the molecule is Cc1csc(CNC(=O)[C@@H](N)CC(C)C)n1. The molecule has 0 fully saturated rings. The predicted molar refractivity (Wildman–Crippen MR) is 66.1 cm³/mol. The van der Waals surface area contributed by atoms with Crippen LogP contribution in [0.15, 0.2) is 5.38 Å². The maximum absolute atomic E-state index is 11.6. The van der Waals surface area contributed by atoms with E-state index in [0.717, 1.165) is 10.7 Å². The maximum Gasteiger partial charge on any atom is 0.237 e. The molecule has 0 aliphatic rings. The lowest BCUT2D eigenvalue weighted by Crippen LogP contribution is -2.40. The van der Waals surface area contributed by atoms with Crippen molar-refractivity contribution in [1.29, 1.82) is 0 Å². The highest BCUT2D eigenvalue weighted by Crippen LogP contribution is 2.08. The first-order chi connectivity index (χ1) is 7.49. The number of amides is 1. The molecule has 0 aliphatic heterocycles. The molecule has 1 aromatic heterocycles. The molecule has 0 saturated heterocycles. The fourth-order valence-electron chi connectivity index (χ4n) is 1.39. The molecule has 5 heteroatoms. The van der Waals surface area contributed by atoms with E-state index in [9.17, 15) is 4.79 Å². The topological polar surface area (TPSA) is 68.0 Å². The summed E-state index contributed by atoms with van der Waals surface area (Å²) in [5.41, 5.74) is 6.75. The molecule has 0 aliphatic carbocycles. The summed E-state index contributed by atoms with van der Waals surface area (Å²) in [6.45, 7) is 6.52. The van der Waals surface area contributed by atoms with E-state index in [1.807, 2.05) is 12.3 Å². The Labute approximate surface area is 100 Å². The van der Waals surface area contributed by atoms with Crippen LogP contribution in [0.25, 0.3) is 0 Å². The van der Waals surface area contributed by atoms with Crippen LogP contribution < -0.4 is 11.1 Å². The molecule has 1 amide bonds.